The molecule has 1 fully saturated rings. The highest BCUT2D eigenvalue weighted by Crippen LogP contribution is 2.32. The van der Waals surface area contributed by atoms with Crippen molar-refractivity contribution in [1.29, 1.82) is 0 Å². The Morgan fingerprint density at radius 3 is 2.61 bits per heavy atom. The predicted octanol–water partition coefficient (Wildman–Crippen LogP) is 3.21. The van der Waals surface area contributed by atoms with Gasteiger partial charge in [0.15, 0.2) is 0 Å². The maximum absolute atomic E-state index is 13.3. The van der Waals surface area contributed by atoms with E-state index in [1.165, 1.54) is 47.7 Å². The third-order valence-electron chi connectivity index (χ3n) is 5.75. The number of hydrogen-bond acceptors (Lipinski definition) is 8. The molecule has 1 saturated carbocycles. The number of aliphatic hydroxyl groups excluding tert-OH is 1. The lowest BCUT2D eigenvalue weighted by atomic mass is 9.96. The average molecular weight is 516 g/mol. The minimum Gasteiger partial charge on any atom is -0.390 e. The molecule has 2 N–H and O–H groups in total. The fraction of sp³-hybridized carbons (Fsp3) is 0.636. The van der Waals surface area contributed by atoms with Crippen LogP contribution in [0.2, 0.25) is 5.02 Å². The van der Waals surface area contributed by atoms with Gasteiger partial charge in [0.25, 0.3) is 0 Å². The fourth-order valence-corrected chi connectivity index (χ4v) is 6.84. The lowest BCUT2D eigenvalue weighted by molar-refractivity contribution is 0.115. The Kier molecular flexibility index (Phi) is 9.63. The van der Waals surface area contributed by atoms with Gasteiger partial charge in [0, 0.05) is 37.8 Å². The molecule has 0 spiro atoms. The van der Waals surface area contributed by atoms with Crippen LogP contribution in [0.25, 0.3) is 10.6 Å². The average Bonchev–Trinajstić information content (AvgIpc) is 3.25. The van der Waals surface area contributed by atoms with Crippen LogP contribution in [0.1, 0.15) is 44.0 Å². The number of likely N-dealkylation sites (N-methyl/N-ethyl adjacent to an activating group) is 2. The van der Waals surface area contributed by atoms with Crippen molar-refractivity contribution >= 4 is 33.0 Å². The van der Waals surface area contributed by atoms with E-state index in [4.69, 9.17) is 11.6 Å². The van der Waals surface area contributed by atoms with Crippen molar-refractivity contribution in [3.63, 3.8) is 0 Å². The van der Waals surface area contributed by atoms with Crippen molar-refractivity contribution in [3.8, 4) is 10.6 Å². The first kappa shape index (κ1) is 26.5. The van der Waals surface area contributed by atoms with Gasteiger partial charge in [0.1, 0.15) is 14.9 Å². The molecule has 1 aromatic heterocycles. The van der Waals surface area contributed by atoms with Crippen LogP contribution in [-0.2, 0) is 16.6 Å². The number of hydrogen-bond donors (Lipinski definition) is 2. The summed E-state index contributed by atoms with van der Waals surface area (Å²) in [4.78, 5) is 1.83. The number of sulfonamides is 1. The number of nitrogens with zero attached hydrogens (tertiary/aromatic N) is 4. The van der Waals surface area contributed by atoms with E-state index in [2.05, 4.69) is 15.5 Å². The third kappa shape index (κ3) is 7.17. The molecule has 184 valence electrons. The normalized spacial score (nSPS) is 16.6. The summed E-state index contributed by atoms with van der Waals surface area (Å²) >= 11 is 7.76. The monoisotopic (exact) mass is 515 g/mol. The van der Waals surface area contributed by atoms with Crippen molar-refractivity contribution in [2.24, 2.45) is 0 Å². The van der Waals surface area contributed by atoms with E-state index in [-0.39, 0.29) is 23.0 Å². The van der Waals surface area contributed by atoms with Gasteiger partial charge in [-0.05, 0) is 39.1 Å². The number of rotatable bonds is 11. The molecule has 0 amide bonds. The smallest absolute Gasteiger partial charge is 0.244 e. The van der Waals surface area contributed by atoms with E-state index in [9.17, 15) is 13.5 Å². The molecule has 0 aliphatic heterocycles. The molecule has 0 radical (unpaired) electrons. The van der Waals surface area contributed by atoms with Crippen LogP contribution < -0.4 is 5.32 Å². The van der Waals surface area contributed by atoms with E-state index < -0.39 is 16.1 Å². The van der Waals surface area contributed by atoms with Gasteiger partial charge in [-0.15, -0.1) is 10.2 Å². The largest absolute Gasteiger partial charge is 0.390 e. The highest BCUT2D eigenvalue weighted by molar-refractivity contribution is 7.89. The van der Waals surface area contributed by atoms with Crippen LogP contribution in [0.15, 0.2) is 23.1 Å². The summed E-state index contributed by atoms with van der Waals surface area (Å²) < 4.78 is 27.9. The molecule has 1 unspecified atom stereocenters. The van der Waals surface area contributed by atoms with Gasteiger partial charge in [-0.2, -0.15) is 4.31 Å². The van der Waals surface area contributed by atoms with Crippen LogP contribution in [0.3, 0.4) is 0 Å². The second-order valence-corrected chi connectivity index (χ2v) is 12.1. The summed E-state index contributed by atoms with van der Waals surface area (Å²) in [6, 6.07) is 5.42. The Bertz CT molecular complexity index is 1010. The van der Waals surface area contributed by atoms with Crippen molar-refractivity contribution in [2.75, 3.05) is 33.7 Å². The minimum absolute atomic E-state index is 0.00659. The number of aliphatic hydroxyl groups is 1. The second-order valence-electron chi connectivity index (χ2n) is 8.73. The Balaban J connectivity index is 1.76. The fourth-order valence-electron chi connectivity index (χ4n) is 4.06. The molecule has 1 atom stereocenters. The van der Waals surface area contributed by atoms with E-state index in [0.717, 1.165) is 5.01 Å². The zero-order valence-electron chi connectivity index (χ0n) is 19.5. The topological polar surface area (TPSA) is 98.7 Å². The highest BCUT2D eigenvalue weighted by atomic mass is 35.5. The van der Waals surface area contributed by atoms with Crippen LogP contribution >= 0.6 is 22.9 Å². The van der Waals surface area contributed by atoms with Crippen LogP contribution in [0, 0.1) is 0 Å². The zero-order valence-corrected chi connectivity index (χ0v) is 21.9. The van der Waals surface area contributed by atoms with Gasteiger partial charge in [0.05, 0.1) is 11.1 Å². The number of aromatic nitrogens is 2. The summed E-state index contributed by atoms with van der Waals surface area (Å²) in [6.07, 6.45) is 5.43. The van der Waals surface area contributed by atoms with Crippen molar-refractivity contribution in [3.05, 3.63) is 28.2 Å². The van der Waals surface area contributed by atoms with E-state index in [0.29, 0.717) is 29.7 Å². The molecule has 33 heavy (non-hydrogen) atoms. The first-order valence-corrected chi connectivity index (χ1v) is 14.0. The van der Waals surface area contributed by atoms with E-state index in [1.807, 2.05) is 19.0 Å². The van der Waals surface area contributed by atoms with Gasteiger partial charge in [-0.3, -0.25) is 0 Å². The van der Waals surface area contributed by atoms with Crippen molar-refractivity contribution < 1.29 is 13.5 Å². The van der Waals surface area contributed by atoms with Gasteiger partial charge in [0.2, 0.25) is 10.0 Å². The molecule has 1 aliphatic carbocycles. The van der Waals surface area contributed by atoms with Crippen LogP contribution in [0.4, 0.5) is 0 Å². The Hall–Kier alpha value is -1.14. The molecule has 3 rings (SSSR count). The lowest BCUT2D eigenvalue weighted by Crippen LogP contribution is -2.41. The van der Waals surface area contributed by atoms with Crippen LogP contribution in [0.5, 0.6) is 0 Å². The Morgan fingerprint density at radius 1 is 1.21 bits per heavy atom. The number of nitrogens with one attached hydrogen (secondary N) is 1. The van der Waals surface area contributed by atoms with E-state index >= 15 is 0 Å². The SMILES string of the molecule is CCN(CC(O)CN(C)C)S(=O)(=O)c1cc(-c2nnc(CNC3CCCCC3)s2)ccc1Cl. The first-order chi connectivity index (χ1) is 15.7. The van der Waals surface area contributed by atoms with Gasteiger partial charge >= 0.3 is 0 Å². The summed E-state index contributed by atoms with van der Waals surface area (Å²) in [6.45, 7) is 2.99. The molecule has 1 aliphatic rings. The quantitative estimate of drug-likeness (QED) is 0.474. The third-order valence-corrected chi connectivity index (χ3v) is 9.15. The second kappa shape index (κ2) is 12.0. The summed E-state index contributed by atoms with van der Waals surface area (Å²) in [5.41, 5.74) is 0.657. The zero-order chi connectivity index (χ0) is 24.0. The van der Waals surface area contributed by atoms with Crippen LogP contribution in [-0.4, -0.2) is 78.8 Å². The number of halogens is 1. The summed E-state index contributed by atoms with van der Waals surface area (Å²) in [5, 5.41) is 24.1. The molecule has 2 aromatic rings. The molecule has 11 heteroatoms. The molecule has 1 heterocycles. The summed E-state index contributed by atoms with van der Waals surface area (Å²) in [5.74, 6) is 0. The molecule has 1 aromatic carbocycles. The molecular formula is C22H34ClN5O3S2. The standard InChI is InChI=1S/C22H34ClN5O3S2/c1-4-28(15-18(29)14-27(2)3)33(30,31)20-12-16(10-11-19(20)23)22-26-25-21(32-22)13-24-17-8-6-5-7-9-17/h10-12,17-18,24,29H,4-9,13-15H2,1-3H3. The predicted molar refractivity (Wildman–Crippen MR) is 133 cm³/mol. The first-order valence-electron chi connectivity index (χ1n) is 11.4. The molecule has 0 saturated heterocycles. The van der Waals surface area contributed by atoms with Gasteiger partial charge in [-0.25, -0.2) is 8.42 Å². The lowest BCUT2D eigenvalue weighted by Gasteiger charge is -2.25. The molecular weight excluding hydrogens is 482 g/mol. The molecule has 8 nitrogen and oxygen atoms in total. The maximum atomic E-state index is 13.3. The van der Waals surface area contributed by atoms with Gasteiger partial charge in [-0.1, -0.05) is 55.2 Å². The molecule has 0 bridgehead atoms. The Morgan fingerprint density at radius 2 is 1.94 bits per heavy atom. The van der Waals surface area contributed by atoms with Crippen molar-refractivity contribution in [1.82, 2.24) is 24.7 Å². The summed E-state index contributed by atoms with van der Waals surface area (Å²) in [7, 11) is -0.237. The van der Waals surface area contributed by atoms with Crippen molar-refractivity contribution in [2.45, 2.75) is 62.6 Å². The maximum Gasteiger partial charge on any atom is 0.244 e. The minimum atomic E-state index is -3.89. The Labute approximate surface area is 206 Å². The highest BCUT2D eigenvalue weighted by Gasteiger charge is 2.28. The number of benzene rings is 1. The van der Waals surface area contributed by atoms with E-state index in [1.54, 1.807) is 25.1 Å². The van der Waals surface area contributed by atoms with Gasteiger partial charge < -0.3 is 15.3 Å².